The number of aromatic nitrogens is 6. The van der Waals surface area contributed by atoms with Crippen LogP contribution in [0.2, 0.25) is 0 Å². The molecule has 2 heterocycles. The molecule has 0 saturated heterocycles. The van der Waals surface area contributed by atoms with Crippen LogP contribution in [0, 0.1) is 0 Å². The Bertz CT molecular complexity index is 619. The van der Waals surface area contributed by atoms with Crippen LogP contribution in [0.4, 0.5) is 0 Å². The summed E-state index contributed by atoms with van der Waals surface area (Å²) in [4.78, 5) is 3.80. The van der Waals surface area contributed by atoms with Crippen molar-refractivity contribution in [3.63, 3.8) is 0 Å². The standard InChI is InChI=1S/C7H9ClN6O2S/c1-5(14-4-9-3-10-14)6-11-12-7(13(6)2)17(8,15)16/h3-5H,1-2H3. The molecule has 0 spiro atoms. The SMILES string of the molecule is CC(c1nnc(S(=O)(=O)Cl)n1C)n1cncn1. The minimum Gasteiger partial charge on any atom is -0.302 e. The fourth-order valence-electron chi connectivity index (χ4n) is 1.44. The van der Waals surface area contributed by atoms with Crippen LogP contribution in [-0.2, 0) is 16.1 Å². The first-order valence-electron chi connectivity index (χ1n) is 4.59. The zero-order valence-electron chi connectivity index (χ0n) is 9.02. The first-order valence-corrected chi connectivity index (χ1v) is 6.90. The molecule has 92 valence electrons. The van der Waals surface area contributed by atoms with Crippen LogP contribution < -0.4 is 0 Å². The number of nitrogens with zero attached hydrogens (tertiary/aromatic N) is 6. The highest BCUT2D eigenvalue weighted by atomic mass is 35.7. The quantitative estimate of drug-likeness (QED) is 0.729. The molecule has 0 saturated carbocycles. The second kappa shape index (κ2) is 4.08. The summed E-state index contributed by atoms with van der Waals surface area (Å²) in [5.41, 5.74) is 0. The van der Waals surface area contributed by atoms with E-state index >= 15 is 0 Å². The van der Waals surface area contributed by atoms with Gasteiger partial charge >= 0.3 is 0 Å². The molecule has 2 aromatic heterocycles. The predicted octanol–water partition coefficient (Wildman–Crippen LogP) is -0.0566. The molecule has 17 heavy (non-hydrogen) atoms. The van der Waals surface area contributed by atoms with Crippen molar-refractivity contribution in [3.05, 3.63) is 18.5 Å². The van der Waals surface area contributed by atoms with Gasteiger partial charge in [-0.3, -0.25) is 0 Å². The van der Waals surface area contributed by atoms with E-state index in [1.54, 1.807) is 6.92 Å². The Morgan fingerprint density at radius 1 is 1.41 bits per heavy atom. The summed E-state index contributed by atoms with van der Waals surface area (Å²) in [7, 11) is 2.85. The highest BCUT2D eigenvalue weighted by Crippen LogP contribution is 2.18. The minimum absolute atomic E-state index is 0.290. The topological polar surface area (TPSA) is 95.6 Å². The van der Waals surface area contributed by atoms with Crippen molar-refractivity contribution in [1.82, 2.24) is 29.5 Å². The average molecular weight is 277 g/mol. The first-order chi connectivity index (χ1) is 7.91. The number of rotatable bonds is 3. The van der Waals surface area contributed by atoms with E-state index in [0.717, 1.165) is 0 Å². The molecule has 0 aliphatic carbocycles. The third-order valence-corrected chi connectivity index (χ3v) is 3.50. The van der Waals surface area contributed by atoms with Gasteiger partial charge < -0.3 is 4.57 Å². The second-order valence-corrected chi connectivity index (χ2v) is 5.85. The van der Waals surface area contributed by atoms with Crippen LogP contribution in [-0.4, -0.2) is 37.9 Å². The first kappa shape index (κ1) is 12.0. The number of halogens is 1. The number of hydrogen-bond acceptors (Lipinski definition) is 6. The maximum absolute atomic E-state index is 11.2. The lowest BCUT2D eigenvalue weighted by Crippen LogP contribution is -2.14. The third kappa shape index (κ3) is 2.15. The van der Waals surface area contributed by atoms with Crippen LogP contribution in [0.5, 0.6) is 0 Å². The molecular formula is C7H9ClN6O2S. The molecule has 1 atom stereocenters. The van der Waals surface area contributed by atoms with E-state index in [9.17, 15) is 8.42 Å². The smallest absolute Gasteiger partial charge is 0.296 e. The van der Waals surface area contributed by atoms with Crippen LogP contribution in [0.1, 0.15) is 18.8 Å². The molecule has 0 fully saturated rings. The Morgan fingerprint density at radius 3 is 2.59 bits per heavy atom. The van der Waals surface area contributed by atoms with Gasteiger partial charge in [0.1, 0.15) is 18.7 Å². The summed E-state index contributed by atoms with van der Waals surface area (Å²) >= 11 is 0. The van der Waals surface area contributed by atoms with Gasteiger partial charge in [-0.2, -0.15) is 5.10 Å². The monoisotopic (exact) mass is 276 g/mol. The molecule has 8 nitrogen and oxygen atoms in total. The van der Waals surface area contributed by atoms with Crippen LogP contribution in [0.3, 0.4) is 0 Å². The summed E-state index contributed by atoms with van der Waals surface area (Å²) in [5, 5.41) is 11.0. The summed E-state index contributed by atoms with van der Waals surface area (Å²) in [5.74, 6) is 0.426. The normalized spacial score (nSPS) is 13.8. The van der Waals surface area contributed by atoms with E-state index in [1.165, 1.54) is 29.0 Å². The van der Waals surface area contributed by atoms with Crippen molar-refractivity contribution in [2.45, 2.75) is 18.1 Å². The van der Waals surface area contributed by atoms with Gasteiger partial charge in [0, 0.05) is 17.7 Å². The van der Waals surface area contributed by atoms with Gasteiger partial charge in [0.25, 0.3) is 14.2 Å². The highest BCUT2D eigenvalue weighted by molar-refractivity contribution is 8.13. The molecular weight excluding hydrogens is 268 g/mol. The fourth-order valence-corrected chi connectivity index (χ4v) is 2.40. The Balaban J connectivity index is 2.45. The van der Waals surface area contributed by atoms with E-state index in [0.29, 0.717) is 5.82 Å². The van der Waals surface area contributed by atoms with Crippen molar-refractivity contribution in [2.24, 2.45) is 7.05 Å². The van der Waals surface area contributed by atoms with Crippen LogP contribution in [0.15, 0.2) is 17.8 Å². The molecule has 0 amide bonds. The van der Waals surface area contributed by atoms with Gasteiger partial charge in [0.15, 0.2) is 5.82 Å². The molecule has 0 aromatic carbocycles. The van der Waals surface area contributed by atoms with E-state index < -0.39 is 9.05 Å². The predicted molar refractivity (Wildman–Crippen MR) is 57.9 cm³/mol. The van der Waals surface area contributed by atoms with E-state index in [1.807, 2.05) is 0 Å². The van der Waals surface area contributed by atoms with Crippen molar-refractivity contribution in [3.8, 4) is 0 Å². The fraction of sp³-hybridized carbons (Fsp3) is 0.429. The van der Waals surface area contributed by atoms with Crippen molar-refractivity contribution in [2.75, 3.05) is 0 Å². The van der Waals surface area contributed by atoms with E-state index in [2.05, 4.69) is 20.3 Å². The molecule has 2 rings (SSSR count). The van der Waals surface area contributed by atoms with Gasteiger partial charge in [-0.15, -0.1) is 10.2 Å². The number of hydrogen-bond donors (Lipinski definition) is 0. The summed E-state index contributed by atoms with van der Waals surface area (Å²) < 4.78 is 25.2. The van der Waals surface area contributed by atoms with Gasteiger partial charge in [0.05, 0.1) is 0 Å². The Labute approximate surface area is 102 Å². The van der Waals surface area contributed by atoms with Crippen molar-refractivity contribution >= 4 is 19.7 Å². The summed E-state index contributed by atoms with van der Waals surface area (Å²) in [6.45, 7) is 1.79. The molecule has 1 unspecified atom stereocenters. The lowest BCUT2D eigenvalue weighted by Gasteiger charge is -2.10. The molecule has 0 radical (unpaired) electrons. The minimum atomic E-state index is -3.90. The summed E-state index contributed by atoms with van der Waals surface area (Å²) in [6, 6.07) is -0.290. The van der Waals surface area contributed by atoms with Crippen molar-refractivity contribution < 1.29 is 8.42 Å². The molecule has 0 aliphatic heterocycles. The Morgan fingerprint density at radius 2 is 2.12 bits per heavy atom. The lowest BCUT2D eigenvalue weighted by atomic mass is 10.3. The summed E-state index contributed by atoms with van der Waals surface area (Å²) in [6.07, 6.45) is 2.89. The Kier molecular flexibility index (Phi) is 2.87. The van der Waals surface area contributed by atoms with Gasteiger partial charge in [0.2, 0.25) is 0 Å². The molecule has 0 aliphatic rings. The maximum Gasteiger partial charge on any atom is 0.296 e. The van der Waals surface area contributed by atoms with Gasteiger partial charge in [-0.25, -0.2) is 18.1 Å². The van der Waals surface area contributed by atoms with Gasteiger partial charge in [-0.1, -0.05) is 0 Å². The van der Waals surface area contributed by atoms with Gasteiger partial charge in [-0.05, 0) is 6.92 Å². The van der Waals surface area contributed by atoms with Crippen LogP contribution in [0.25, 0.3) is 0 Å². The lowest BCUT2D eigenvalue weighted by molar-refractivity contribution is 0.510. The average Bonchev–Trinajstić information content (AvgIpc) is 2.83. The zero-order valence-corrected chi connectivity index (χ0v) is 10.6. The third-order valence-electron chi connectivity index (χ3n) is 2.29. The Hall–Kier alpha value is -1.48. The van der Waals surface area contributed by atoms with Crippen molar-refractivity contribution in [1.29, 1.82) is 0 Å². The van der Waals surface area contributed by atoms with Crippen LogP contribution >= 0.6 is 10.7 Å². The maximum atomic E-state index is 11.2. The molecule has 0 N–H and O–H groups in total. The zero-order chi connectivity index (χ0) is 12.6. The molecule has 10 heteroatoms. The second-order valence-electron chi connectivity index (χ2n) is 3.39. The highest BCUT2D eigenvalue weighted by Gasteiger charge is 2.23. The molecule has 2 aromatic rings. The molecule has 0 bridgehead atoms. The van der Waals surface area contributed by atoms with E-state index in [4.69, 9.17) is 10.7 Å². The largest absolute Gasteiger partial charge is 0.302 e. The van der Waals surface area contributed by atoms with E-state index in [-0.39, 0.29) is 11.2 Å².